The van der Waals surface area contributed by atoms with Crippen LogP contribution in [-0.2, 0) is 14.3 Å². The van der Waals surface area contributed by atoms with E-state index in [4.69, 9.17) is 16.3 Å². The number of esters is 1. The number of thioether (sulfide) groups is 1. The van der Waals surface area contributed by atoms with Crippen LogP contribution >= 0.6 is 39.3 Å². The second-order valence-electron chi connectivity index (χ2n) is 4.77. The highest BCUT2D eigenvalue weighted by Gasteiger charge is 2.41. The van der Waals surface area contributed by atoms with Crippen LogP contribution in [0.4, 0.5) is 4.79 Å². The van der Waals surface area contributed by atoms with Gasteiger partial charge in [-0.3, -0.25) is 14.5 Å². The van der Waals surface area contributed by atoms with Crippen LogP contribution in [0.25, 0.3) is 6.08 Å². The summed E-state index contributed by atoms with van der Waals surface area (Å²) in [4.78, 5) is 37.1. The summed E-state index contributed by atoms with van der Waals surface area (Å²) in [6.45, 7) is 1.44. The second kappa shape index (κ2) is 7.58. The molecular weight excluding hydrogens is 422 g/mol. The van der Waals surface area contributed by atoms with Crippen molar-refractivity contribution in [3.63, 3.8) is 0 Å². The zero-order chi connectivity index (χ0) is 18.0. The molecule has 1 aliphatic heterocycles. The molecule has 0 aromatic heterocycles. The maximum Gasteiger partial charge on any atom is 0.328 e. The molecule has 1 aromatic rings. The number of halogens is 2. The monoisotopic (exact) mass is 433 g/mol. The van der Waals surface area contributed by atoms with Gasteiger partial charge in [0.15, 0.2) is 5.75 Å². The Balaban J connectivity index is 2.34. The lowest BCUT2D eigenvalue weighted by molar-refractivity contribution is -0.148. The molecule has 0 bridgehead atoms. The summed E-state index contributed by atoms with van der Waals surface area (Å²) in [5.74, 6) is -0.735. The number of imide groups is 1. The summed E-state index contributed by atoms with van der Waals surface area (Å²) in [7, 11) is 2.69. The molecule has 1 fully saturated rings. The number of hydrogen-bond acceptors (Lipinski definition) is 6. The number of carbonyl (C=O) groups excluding carboxylic acids is 3. The molecule has 0 N–H and O–H groups in total. The molecule has 1 aromatic carbocycles. The van der Waals surface area contributed by atoms with Gasteiger partial charge in [-0.25, -0.2) is 4.79 Å². The second-order valence-corrected chi connectivity index (χ2v) is 7.02. The van der Waals surface area contributed by atoms with E-state index in [-0.39, 0.29) is 4.91 Å². The number of rotatable bonds is 4. The highest BCUT2D eigenvalue weighted by Crippen LogP contribution is 2.37. The molecule has 0 radical (unpaired) electrons. The number of benzene rings is 1. The van der Waals surface area contributed by atoms with Gasteiger partial charge in [0.25, 0.3) is 11.1 Å². The lowest BCUT2D eigenvalue weighted by Crippen LogP contribution is -2.42. The van der Waals surface area contributed by atoms with E-state index in [2.05, 4.69) is 20.7 Å². The number of methoxy groups -OCH3 is 2. The van der Waals surface area contributed by atoms with Crippen molar-refractivity contribution in [3.05, 3.63) is 32.1 Å². The Morgan fingerprint density at radius 1 is 1.38 bits per heavy atom. The van der Waals surface area contributed by atoms with Gasteiger partial charge in [0.2, 0.25) is 0 Å². The SMILES string of the molecule is COC(=O)C(C)N1C(=O)SC(=Cc2cc(Cl)c(OC)c(Br)c2)C1=O. The van der Waals surface area contributed by atoms with Crippen LogP contribution in [-0.4, -0.2) is 42.3 Å². The normalized spacial score (nSPS) is 17.4. The third-order valence-corrected chi connectivity index (χ3v) is 5.03. The summed E-state index contributed by atoms with van der Waals surface area (Å²) < 4.78 is 10.3. The van der Waals surface area contributed by atoms with Crippen molar-refractivity contribution in [3.8, 4) is 5.75 Å². The zero-order valence-corrected chi connectivity index (χ0v) is 16.1. The quantitative estimate of drug-likeness (QED) is 0.531. The van der Waals surface area contributed by atoms with Crippen LogP contribution in [0.15, 0.2) is 21.5 Å². The minimum absolute atomic E-state index is 0.198. The minimum atomic E-state index is -0.986. The van der Waals surface area contributed by atoms with Gasteiger partial charge in [0.1, 0.15) is 6.04 Å². The molecule has 0 saturated carbocycles. The van der Waals surface area contributed by atoms with E-state index in [0.717, 1.165) is 16.7 Å². The van der Waals surface area contributed by atoms with Crippen LogP contribution in [0.2, 0.25) is 5.02 Å². The molecule has 1 atom stereocenters. The first-order chi connectivity index (χ1) is 11.3. The number of hydrogen-bond donors (Lipinski definition) is 0. The predicted molar refractivity (Wildman–Crippen MR) is 95.0 cm³/mol. The standard InChI is InChI=1S/C15H13BrClNO5S/c1-7(14(20)23-3)18-13(19)11(24-15(18)21)6-8-4-9(16)12(22-2)10(17)5-8/h4-7H,1-3H3. The molecule has 2 amide bonds. The Morgan fingerprint density at radius 3 is 2.58 bits per heavy atom. The van der Waals surface area contributed by atoms with E-state index in [0.29, 0.717) is 20.8 Å². The average molecular weight is 435 g/mol. The number of carbonyl (C=O) groups is 3. The number of nitrogens with zero attached hydrogens (tertiary/aromatic N) is 1. The predicted octanol–water partition coefficient (Wildman–Crippen LogP) is 3.71. The number of amides is 2. The number of ether oxygens (including phenoxy) is 2. The van der Waals surface area contributed by atoms with Gasteiger partial charge in [-0.05, 0) is 58.4 Å². The highest BCUT2D eigenvalue weighted by molar-refractivity contribution is 9.10. The Hall–Kier alpha value is -1.51. The molecule has 9 heteroatoms. The molecule has 1 heterocycles. The first kappa shape index (κ1) is 18.8. The summed E-state index contributed by atoms with van der Waals surface area (Å²) in [6, 6.07) is 2.34. The minimum Gasteiger partial charge on any atom is -0.494 e. The molecule has 0 spiro atoms. The Bertz CT molecular complexity index is 728. The highest BCUT2D eigenvalue weighted by atomic mass is 79.9. The fourth-order valence-electron chi connectivity index (χ4n) is 2.10. The van der Waals surface area contributed by atoms with Crippen molar-refractivity contribution in [1.82, 2.24) is 4.90 Å². The summed E-state index contributed by atoms with van der Waals surface area (Å²) >= 11 is 10.2. The Kier molecular flexibility index (Phi) is 5.95. The van der Waals surface area contributed by atoms with Gasteiger partial charge in [-0.15, -0.1) is 0 Å². The summed E-state index contributed by atoms with van der Waals surface area (Å²) in [5, 5.41) is -0.164. The molecule has 2 rings (SSSR count). The van der Waals surface area contributed by atoms with Gasteiger partial charge < -0.3 is 9.47 Å². The molecule has 1 aliphatic rings. The van der Waals surface area contributed by atoms with Crippen molar-refractivity contribution in [2.45, 2.75) is 13.0 Å². The Labute approximate surface area is 156 Å². The van der Waals surface area contributed by atoms with Crippen LogP contribution in [0.5, 0.6) is 5.75 Å². The van der Waals surface area contributed by atoms with E-state index in [1.807, 2.05) is 0 Å². The van der Waals surface area contributed by atoms with Crippen molar-refractivity contribution < 1.29 is 23.9 Å². The summed E-state index contributed by atoms with van der Waals surface area (Å²) in [6.07, 6.45) is 1.53. The zero-order valence-electron chi connectivity index (χ0n) is 13.0. The van der Waals surface area contributed by atoms with Crippen molar-refractivity contribution >= 4 is 62.5 Å². The maximum atomic E-state index is 12.4. The van der Waals surface area contributed by atoms with Gasteiger partial charge in [-0.2, -0.15) is 0 Å². The van der Waals surface area contributed by atoms with E-state index >= 15 is 0 Å². The topological polar surface area (TPSA) is 72.9 Å². The van der Waals surface area contributed by atoms with Crippen molar-refractivity contribution in [2.24, 2.45) is 0 Å². The fraction of sp³-hybridized carbons (Fsp3) is 0.267. The molecular formula is C15H13BrClNO5S. The van der Waals surface area contributed by atoms with E-state index in [1.165, 1.54) is 27.2 Å². The third-order valence-electron chi connectivity index (χ3n) is 3.28. The molecule has 1 saturated heterocycles. The van der Waals surface area contributed by atoms with Crippen molar-refractivity contribution in [1.29, 1.82) is 0 Å². The first-order valence-electron chi connectivity index (χ1n) is 6.68. The smallest absolute Gasteiger partial charge is 0.328 e. The fourth-order valence-corrected chi connectivity index (χ4v) is 4.07. The van der Waals surface area contributed by atoms with Crippen LogP contribution in [0.3, 0.4) is 0 Å². The van der Waals surface area contributed by atoms with E-state index in [9.17, 15) is 14.4 Å². The Morgan fingerprint density at radius 2 is 2.04 bits per heavy atom. The van der Waals surface area contributed by atoms with Gasteiger partial charge in [-0.1, -0.05) is 11.6 Å². The van der Waals surface area contributed by atoms with Crippen LogP contribution in [0.1, 0.15) is 12.5 Å². The third kappa shape index (κ3) is 3.60. The van der Waals surface area contributed by atoms with Crippen LogP contribution in [0, 0.1) is 0 Å². The lowest BCUT2D eigenvalue weighted by Gasteiger charge is -2.18. The molecule has 6 nitrogen and oxygen atoms in total. The van der Waals surface area contributed by atoms with Gasteiger partial charge >= 0.3 is 5.97 Å². The molecule has 24 heavy (non-hydrogen) atoms. The van der Waals surface area contributed by atoms with Crippen molar-refractivity contribution in [2.75, 3.05) is 14.2 Å². The molecule has 0 aliphatic carbocycles. The largest absolute Gasteiger partial charge is 0.494 e. The first-order valence-corrected chi connectivity index (χ1v) is 8.66. The lowest BCUT2D eigenvalue weighted by atomic mass is 10.2. The summed E-state index contributed by atoms with van der Waals surface area (Å²) in [5.41, 5.74) is 0.615. The average Bonchev–Trinajstić information content (AvgIpc) is 2.79. The van der Waals surface area contributed by atoms with Crippen LogP contribution < -0.4 is 4.74 Å². The van der Waals surface area contributed by atoms with Gasteiger partial charge in [0, 0.05) is 0 Å². The van der Waals surface area contributed by atoms with Gasteiger partial charge in [0.05, 0.1) is 28.6 Å². The molecule has 1 unspecified atom stereocenters. The molecule has 128 valence electrons. The van der Waals surface area contributed by atoms with E-state index in [1.54, 1.807) is 12.1 Å². The van der Waals surface area contributed by atoms with E-state index < -0.39 is 23.2 Å². The maximum absolute atomic E-state index is 12.4.